The van der Waals surface area contributed by atoms with Crippen molar-refractivity contribution in [2.75, 3.05) is 0 Å². The molecule has 76 valence electrons. The Balaban J connectivity index is 2.55. The Kier molecular flexibility index (Phi) is 3.24. The van der Waals surface area contributed by atoms with Crippen molar-refractivity contribution in [2.45, 2.75) is 6.04 Å². The van der Waals surface area contributed by atoms with E-state index in [0.29, 0.717) is 0 Å². The molecule has 0 fully saturated rings. The number of halogens is 1. The Morgan fingerprint density at radius 3 is 2.67 bits per heavy atom. The second-order valence-corrected chi connectivity index (χ2v) is 7.17. The van der Waals surface area contributed by atoms with Crippen LogP contribution in [-0.4, -0.2) is 8.11 Å². The fourth-order valence-electron chi connectivity index (χ4n) is 1.80. The zero-order valence-corrected chi connectivity index (χ0v) is 10.4. The Bertz CT molecular complexity index is 473. The Morgan fingerprint density at radius 1 is 1.13 bits per heavy atom. The van der Waals surface area contributed by atoms with Crippen molar-refractivity contribution >= 4 is 35.1 Å². The molecule has 15 heavy (non-hydrogen) atoms. The summed E-state index contributed by atoms with van der Waals surface area (Å²) in [4.78, 5) is 0. The monoisotopic (exact) mass is 232 g/mol. The molecule has 0 amide bonds. The van der Waals surface area contributed by atoms with E-state index in [4.69, 9.17) is 11.1 Å². The lowest BCUT2D eigenvalue weighted by Crippen LogP contribution is -2.23. The summed E-state index contributed by atoms with van der Waals surface area (Å²) in [7, 11) is -1.36. The molecule has 2 aromatic rings. The SMILES string of the molecule is C=CC[SiH](Cl)c1cccc2ccccc12. The van der Waals surface area contributed by atoms with Crippen LogP contribution in [0, 0.1) is 0 Å². The number of benzene rings is 2. The van der Waals surface area contributed by atoms with E-state index in [-0.39, 0.29) is 0 Å². The molecule has 0 bridgehead atoms. The predicted octanol–water partition coefficient (Wildman–Crippen LogP) is 3.20. The molecule has 0 aliphatic rings. The van der Waals surface area contributed by atoms with E-state index < -0.39 is 8.11 Å². The summed E-state index contributed by atoms with van der Waals surface area (Å²) < 4.78 is 0. The van der Waals surface area contributed by atoms with Crippen molar-refractivity contribution in [3.63, 3.8) is 0 Å². The summed E-state index contributed by atoms with van der Waals surface area (Å²) in [6.45, 7) is 3.76. The van der Waals surface area contributed by atoms with Crippen LogP contribution in [0.3, 0.4) is 0 Å². The molecular formula is C13H13ClSi. The maximum absolute atomic E-state index is 6.45. The first-order valence-corrected chi connectivity index (χ1v) is 8.19. The van der Waals surface area contributed by atoms with Gasteiger partial charge in [0, 0.05) is 0 Å². The molecule has 0 aliphatic heterocycles. The highest BCUT2D eigenvalue weighted by Crippen LogP contribution is 2.13. The Labute approximate surface area is 96.5 Å². The molecule has 0 aromatic heterocycles. The second-order valence-electron chi connectivity index (χ2n) is 3.56. The van der Waals surface area contributed by atoms with Crippen LogP contribution >= 0.6 is 11.1 Å². The molecule has 0 saturated carbocycles. The van der Waals surface area contributed by atoms with Gasteiger partial charge >= 0.3 is 0 Å². The lowest BCUT2D eigenvalue weighted by Gasteiger charge is -2.09. The van der Waals surface area contributed by atoms with E-state index in [0.717, 1.165) is 6.04 Å². The van der Waals surface area contributed by atoms with Crippen LogP contribution in [0.4, 0.5) is 0 Å². The molecule has 0 heterocycles. The summed E-state index contributed by atoms with van der Waals surface area (Å²) in [5.74, 6) is 0. The van der Waals surface area contributed by atoms with Crippen LogP contribution in [0.5, 0.6) is 0 Å². The third-order valence-electron chi connectivity index (χ3n) is 2.53. The lowest BCUT2D eigenvalue weighted by atomic mass is 10.1. The Morgan fingerprint density at radius 2 is 1.87 bits per heavy atom. The van der Waals surface area contributed by atoms with Crippen molar-refractivity contribution < 1.29 is 0 Å². The van der Waals surface area contributed by atoms with Crippen LogP contribution in [-0.2, 0) is 0 Å². The van der Waals surface area contributed by atoms with Gasteiger partial charge in [0.05, 0.1) is 0 Å². The average molecular weight is 233 g/mol. The number of hydrogen-bond acceptors (Lipinski definition) is 0. The number of fused-ring (bicyclic) bond motifs is 1. The molecule has 0 saturated heterocycles. The number of hydrogen-bond donors (Lipinski definition) is 0. The molecule has 2 aromatic carbocycles. The van der Waals surface area contributed by atoms with E-state index in [1.807, 2.05) is 6.08 Å². The third-order valence-corrected chi connectivity index (χ3v) is 5.70. The quantitative estimate of drug-likeness (QED) is 0.433. The van der Waals surface area contributed by atoms with Crippen molar-refractivity contribution in [3.05, 3.63) is 55.1 Å². The highest BCUT2D eigenvalue weighted by atomic mass is 35.6. The molecule has 0 nitrogen and oxygen atoms in total. The normalized spacial score (nSPS) is 12.6. The van der Waals surface area contributed by atoms with Gasteiger partial charge in [-0.3, -0.25) is 0 Å². The first-order valence-electron chi connectivity index (χ1n) is 5.05. The summed E-state index contributed by atoms with van der Waals surface area (Å²) in [6.07, 6.45) is 1.92. The van der Waals surface area contributed by atoms with Crippen LogP contribution in [0.25, 0.3) is 10.8 Å². The molecule has 1 atom stereocenters. The van der Waals surface area contributed by atoms with E-state index >= 15 is 0 Å². The zero-order valence-electron chi connectivity index (χ0n) is 8.49. The van der Waals surface area contributed by atoms with E-state index in [1.54, 1.807) is 0 Å². The second kappa shape index (κ2) is 4.64. The van der Waals surface area contributed by atoms with Gasteiger partial charge in [-0.25, -0.2) is 0 Å². The van der Waals surface area contributed by atoms with Crippen molar-refractivity contribution in [2.24, 2.45) is 0 Å². The van der Waals surface area contributed by atoms with Gasteiger partial charge in [-0.2, -0.15) is 11.1 Å². The van der Waals surface area contributed by atoms with E-state index in [2.05, 4.69) is 49.0 Å². The van der Waals surface area contributed by atoms with Gasteiger partial charge in [-0.1, -0.05) is 48.5 Å². The topological polar surface area (TPSA) is 0 Å². The van der Waals surface area contributed by atoms with Gasteiger partial charge < -0.3 is 0 Å². The highest BCUT2D eigenvalue weighted by molar-refractivity contribution is 7.15. The fraction of sp³-hybridized carbons (Fsp3) is 0.0769. The van der Waals surface area contributed by atoms with Crippen molar-refractivity contribution in [1.82, 2.24) is 0 Å². The lowest BCUT2D eigenvalue weighted by molar-refractivity contribution is 1.70. The maximum atomic E-state index is 6.45. The largest absolute Gasteiger partial charge is 0.175 e. The van der Waals surface area contributed by atoms with Gasteiger partial charge in [0.1, 0.15) is 0 Å². The highest BCUT2D eigenvalue weighted by Gasteiger charge is 2.10. The minimum atomic E-state index is -1.36. The van der Waals surface area contributed by atoms with Gasteiger partial charge in [0.25, 0.3) is 0 Å². The van der Waals surface area contributed by atoms with Gasteiger partial charge in [0.15, 0.2) is 8.11 Å². The molecule has 2 rings (SSSR count). The number of allylic oxidation sites excluding steroid dienone is 1. The summed E-state index contributed by atoms with van der Waals surface area (Å²) >= 11 is 6.45. The van der Waals surface area contributed by atoms with Gasteiger partial charge in [0.2, 0.25) is 0 Å². The minimum Gasteiger partial charge on any atom is -0.165 e. The summed E-state index contributed by atoms with van der Waals surface area (Å²) in [6, 6.07) is 15.7. The summed E-state index contributed by atoms with van der Waals surface area (Å²) in [5.41, 5.74) is 0. The molecule has 0 spiro atoms. The van der Waals surface area contributed by atoms with E-state index in [1.165, 1.54) is 16.0 Å². The standard InChI is InChI=1S/C13H13ClSi/c1-2-10-15(14)13-9-5-7-11-6-3-4-8-12(11)13/h2-9,15H,1,10H2. The van der Waals surface area contributed by atoms with Crippen LogP contribution in [0.1, 0.15) is 0 Å². The minimum absolute atomic E-state index is 0.940. The molecule has 2 heteroatoms. The van der Waals surface area contributed by atoms with Crippen LogP contribution in [0.15, 0.2) is 55.1 Å². The number of rotatable bonds is 3. The molecular weight excluding hydrogens is 220 g/mol. The molecule has 0 aliphatic carbocycles. The van der Waals surface area contributed by atoms with Crippen LogP contribution in [0.2, 0.25) is 6.04 Å². The predicted molar refractivity (Wildman–Crippen MR) is 71.6 cm³/mol. The van der Waals surface area contributed by atoms with Crippen molar-refractivity contribution in [1.29, 1.82) is 0 Å². The maximum Gasteiger partial charge on any atom is 0.175 e. The Hall–Kier alpha value is -1.05. The van der Waals surface area contributed by atoms with Gasteiger partial charge in [-0.05, 0) is 22.0 Å². The van der Waals surface area contributed by atoms with Gasteiger partial charge in [-0.15, -0.1) is 6.58 Å². The average Bonchev–Trinajstić information content (AvgIpc) is 2.28. The first kappa shape index (κ1) is 10.5. The van der Waals surface area contributed by atoms with E-state index in [9.17, 15) is 0 Å². The first-order chi connectivity index (χ1) is 7.33. The third kappa shape index (κ3) is 2.14. The molecule has 0 radical (unpaired) electrons. The zero-order chi connectivity index (χ0) is 10.7. The van der Waals surface area contributed by atoms with Crippen LogP contribution < -0.4 is 5.19 Å². The molecule has 1 unspecified atom stereocenters. The summed E-state index contributed by atoms with van der Waals surface area (Å²) in [5, 5.41) is 3.90. The fourth-order valence-corrected chi connectivity index (χ4v) is 4.21. The smallest absolute Gasteiger partial charge is 0.165 e. The van der Waals surface area contributed by atoms with Crippen molar-refractivity contribution in [3.8, 4) is 0 Å². The molecule has 0 N–H and O–H groups in total.